The minimum atomic E-state index is 0.0665. The molecule has 4 rings (SSSR count). The van der Waals surface area contributed by atoms with Gasteiger partial charge in [0.05, 0.1) is 5.39 Å². The van der Waals surface area contributed by atoms with E-state index in [1.165, 1.54) is 23.9 Å². The second-order valence-electron chi connectivity index (χ2n) is 6.35. The van der Waals surface area contributed by atoms with E-state index in [-0.39, 0.29) is 11.8 Å². The van der Waals surface area contributed by atoms with Gasteiger partial charge in [0.2, 0.25) is 0 Å². The van der Waals surface area contributed by atoms with Gasteiger partial charge in [0, 0.05) is 17.5 Å². The molecule has 21 heavy (non-hydrogen) atoms. The van der Waals surface area contributed by atoms with Gasteiger partial charge in [-0.05, 0) is 37.8 Å². The molecule has 0 bridgehead atoms. The number of nitrogen functional groups attached to an aromatic ring is 1. The highest BCUT2D eigenvalue weighted by atomic mass is 16.2. The maximum Gasteiger partial charge on any atom is 0.252 e. The fourth-order valence-electron chi connectivity index (χ4n) is 3.32. The molecule has 2 aromatic rings. The molecule has 5 heteroatoms. The lowest BCUT2D eigenvalue weighted by molar-refractivity contribution is 0.0790. The lowest BCUT2D eigenvalue weighted by atomic mass is 9.89. The summed E-state index contributed by atoms with van der Waals surface area (Å²) >= 11 is 0. The lowest BCUT2D eigenvalue weighted by Gasteiger charge is -2.19. The number of hydrogen-bond acceptors (Lipinski definition) is 4. The molecule has 0 spiro atoms. The molecule has 2 aliphatic carbocycles. The summed E-state index contributed by atoms with van der Waals surface area (Å²) in [6.07, 6.45) is 7.80. The number of hydrogen-bond donors (Lipinski definition) is 1. The molecule has 0 aromatic carbocycles. The van der Waals surface area contributed by atoms with Crippen LogP contribution in [-0.2, 0) is 0 Å². The Labute approximate surface area is 123 Å². The molecule has 5 nitrogen and oxygen atoms in total. The Balaban J connectivity index is 1.76. The zero-order valence-electron chi connectivity index (χ0n) is 12.1. The van der Waals surface area contributed by atoms with E-state index < -0.39 is 0 Å². The molecule has 0 saturated heterocycles. The SMILES string of the molecule is Nc1nn(C(=O)C2CCCCC2)c2nc(C3CC3)ccc12. The summed E-state index contributed by atoms with van der Waals surface area (Å²) in [5.74, 6) is 1.11. The molecule has 2 saturated carbocycles. The van der Waals surface area contributed by atoms with Gasteiger partial charge in [-0.2, -0.15) is 4.68 Å². The van der Waals surface area contributed by atoms with E-state index in [2.05, 4.69) is 10.1 Å². The summed E-state index contributed by atoms with van der Waals surface area (Å²) in [4.78, 5) is 17.4. The van der Waals surface area contributed by atoms with E-state index in [0.717, 1.165) is 36.8 Å². The molecule has 2 fully saturated rings. The first-order valence-electron chi connectivity index (χ1n) is 7.93. The Morgan fingerprint density at radius 3 is 2.62 bits per heavy atom. The van der Waals surface area contributed by atoms with Crippen LogP contribution in [0, 0.1) is 5.92 Å². The van der Waals surface area contributed by atoms with Crippen molar-refractivity contribution < 1.29 is 4.79 Å². The van der Waals surface area contributed by atoms with Crippen molar-refractivity contribution in [2.45, 2.75) is 50.9 Å². The van der Waals surface area contributed by atoms with Crippen LogP contribution in [0.5, 0.6) is 0 Å². The maximum atomic E-state index is 12.7. The summed E-state index contributed by atoms with van der Waals surface area (Å²) in [6.45, 7) is 0. The predicted molar refractivity (Wildman–Crippen MR) is 81.1 cm³/mol. The maximum absolute atomic E-state index is 12.7. The minimum Gasteiger partial charge on any atom is -0.382 e. The molecule has 0 unspecified atom stereocenters. The number of carbonyl (C=O) groups excluding carboxylic acids is 1. The Bertz CT molecular complexity index is 696. The number of fused-ring (bicyclic) bond motifs is 1. The van der Waals surface area contributed by atoms with E-state index in [0.29, 0.717) is 17.4 Å². The fourth-order valence-corrected chi connectivity index (χ4v) is 3.32. The van der Waals surface area contributed by atoms with Gasteiger partial charge < -0.3 is 5.73 Å². The fraction of sp³-hybridized carbons (Fsp3) is 0.562. The van der Waals surface area contributed by atoms with Crippen LogP contribution in [0.25, 0.3) is 11.0 Å². The van der Waals surface area contributed by atoms with E-state index in [9.17, 15) is 4.79 Å². The van der Waals surface area contributed by atoms with Gasteiger partial charge in [0.25, 0.3) is 5.91 Å². The van der Waals surface area contributed by atoms with Crippen LogP contribution in [0.15, 0.2) is 12.1 Å². The van der Waals surface area contributed by atoms with Crippen molar-refractivity contribution >= 4 is 22.8 Å². The third-order valence-electron chi connectivity index (χ3n) is 4.74. The first-order chi connectivity index (χ1) is 10.2. The molecule has 2 N–H and O–H groups in total. The molecular weight excluding hydrogens is 264 g/mol. The minimum absolute atomic E-state index is 0.0665. The molecule has 2 aromatic heterocycles. The van der Waals surface area contributed by atoms with Crippen molar-refractivity contribution in [1.29, 1.82) is 0 Å². The Morgan fingerprint density at radius 1 is 1.14 bits per heavy atom. The van der Waals surface area contributed by atoms with E-state index in [1.807, 2.05) is 12.1 Å². The van der Waals surface area contributed by atoms with Gasteiger partial charge in [0.15, 0.2) is 11.5 Å². The Morgan fingerprint density at radius 2 is 1.90 bits per heavy atom. The molecule has 0 atom stereocenters. The average molecular weight is 284 g/mol. The summed E-state index contributed by atoms with van der Waals surface area (Å²) in [6, 6.07) is 3.98. The molecular formula is C16H20N4O. The van der Waals surface area contributed by atoms with Crippen molar-refractivity contribution in [1.82, 2.24) is 14.8 Å². The van der Waals surface area contributed by atoms with Gasteiger partial charge in [-0.3, -0.25) is 4.79 Å². The van der Waals surface area contributed by atoms with Crippen molar-refractivity contribution in [3.05, 3.63) is 17.8 Å². The highest BCUT2D eigenvalue weighted by Crippen LogP contribution is 2.39. The summed E-state index contributed by atoms with van der Waals surface area (Å²) in [5, 5.41) is 5.06. The summed E-state index contributed by atoms with van der Waals surface area (Å²) in [7, 11) is 0. The largest absolute Gasteiger partial charge is 0.382 e. The van der Waals surface area contributed by atoms with E-state index in [1.54, 1.807) is 0 Å². The summed E-state index contributed by atoms with van der Waals surface area (Å²) < 4.78 is 1.46. The summed E-state index contributed by atoms with van der Waals surface area (Å²) in [5.41, 5.74) is 7.68. The highest BCUT2D eigenvalue weighted by molar-refractivity contribution is 5.95. The van der Waals surface area contributed by atoms with Crippen molar-refractivity contribution in [3.63, 3.8) is 0 Å². The first kappa shape index (κ1) is 12.8. The number of carbonyl (C=O) groups is 1. The zero-order valence-corrected chi connectivity index (χ0v) is 12.1. The topological polar surface area (TPSA) is 73.8 Å². The Kier molecular flexibility index (Phi) is 2.94. The van der Waals surface area contributed by atoms with Crippen LogP contribution < -0.4 is 5.73 Å². The van der Waals surface area contributed by atoms with Crippen LogP contribution in [0.4, 0.5) is 5.82 Å². The monoisotopic (exact) mass is 284 g/mol. The van der Waals surface area contributed by atoms with Gasteiger partial charge in [-0.15, -0.1) is 5.10 Å². The van der Waals surface area contributed by atoms with Crippen LogP contribution in [0.2, 0.25) is 0 Å². The normalized spacial score (nSPS) is 20.0. The molecule has 110 valence electrons. The van der Waals surface area contributed by atoms with Gasteiger partial charge in [-0.25, -0.2) is 4.98 Å². The molecule has 0 aliphatic heterocycles. The highest BCUT2D eigenvalue weighted by Gasteiger charge is 2.28. The molecule has 2 aliphatic rings. The third kappa shape index (κ3) is 2.20. The standard InChI is InChI=1S/C16H20N4O/c17-14-12-8-9-13(10-6-7-10)18-15(12)20(19-14)16(21)11-4-2-1-3-5-11/h8-11H,1-7H2,(H2,17,19). The molecule has 0 amide bonds. The van der Waals surface area contributed by atoms with Crippen molar-refractivity contribution in [2.24, 2.45) is 5.92 Å². The number of nitrogens with zero attached hydrogens (tertiary/aromatic N) is 3. The second-order valence-corrected chi connectivity index (χ2v) is 6.35. The van der Waals surface area contributed by atoms with Gasteiger partial charge in [0.1, 0.15) is 0 Å². The van der Waals surface area contributed by atoms with Crippen LogP contribution in [0.3, 0.4) is 0 Å². The molecule has 0 radical (unpaired) electrons. The van der Waals surface area contributed by atoms with Crippen LogP contribution in [-0.4, -0.2) is 20.7 Å². The third-order valence-corrected chi connectivity index (χ3v) is 4.74. The van der Waals surface area contributed by atoms with E-state index in [4.69, 9.17) is 5.73 Å². The lowest BCUT2D eigenvalue weighted by Crippen LogP contribution is -2.25. The average Bonchev–Trinajstić information content (AvgIpc) is 3.32. The van der Waals surface area contributed by atoms with E-state index >= 15 is 0 Å². The van der Waals surface area contributed by atoms with Crippen LogP contribution in [0.1, 0.15) is 61.4 Å². The smallest absolute Gasteiger partial charge is 0.252 e. The number of pyridine rings is 1. The number of anilines is 1. The van der Waals surface area contributed by atoms with Gasteiger partial charge in [-0.1, -0.05) is 19.3 Å². The Hall–Kier alpha value is -1.91. The van der Waals surface area contributed by atoms with Gasteiger partial charge >= 0.3 is 0 Å². The second kappa shape index (κ2) is 4.83. The number of nitrogens with two attached hydrogens (primary N) is 1. The van der Waals surface area contributed by atoms with Crippen LogP contribution >= 0.6 is 0 Å². The predicted octanol–water partition coefficient (Wildman–Crippen LogP) is 3.11. The van der Waals surface area contributed by atoms with Crippen molar-refractivity contribution in [2.75, 3.05) is 5.73 Å². The molecule has 2 heterocycles. The zero-order chi connectivity index (χ0) is 14.4. The number of aromatic nitrogens is 3. The van der Waals surface area contributed by atoms with Crippen molar-refractivity contribution in [3.8, 4) is 0 Å². The first-order valence-corrected chi connectivity index (χ1v) is 7.93. The number of rotatable bonds is 2. The quantitative estimate of drug-likeness (QED) is 0.919.